The number of aromatic hydroxyl groups is 4. The van der Waals surface area contributed by atoms with Gasteiger partial charge in [0, 0.05) is 0 Å². The summed E-state index contributed by atoms with van der Waals surface area (Å²) in [6.07, 6.45) is -8.49. The van der Waals surface area contributed by atoms with Crippen molar-refractivity contribution >= 4 is 11.9 Å². The zero-order valence-electron chi connectivity index (χ0n) is 16.2. The standard InChI is InChI=1S/C20H20O12/c21-10-3-1-8(2-4-10)19(29)32-20-17(27)16(26)15(25)13(31-20)7-30-18(28)9-5-11(22)14(24)12(23)6-9/h1-6,13,15-17,20-27H,7H2. The summed E-state index contributed by atoms with van der Waals surface area (Å²) in [6, 6.07) is 6.62. The molecule has 0 aliphatic carbocycles. The summed E-state index contributed by atoms with van der Waals surface area (Å²) >= 11 is 0. The molecule has 12 heteroatoms. The molecule has 1 aliphatic heterocycles. The van der Waals surface area contributed by atoms with E-state index in [1.165, 1.54) is 24.3 Å². The number of esters is 2. The smallest absolute Gasteiger partial charge is 0.340 e. The van der Waals surface area contributed by atoms with E-state index in [0.29, 0.717) is 0 Å². The second-order valence-electron chi connectivity index (χ2n) is 6.93. The van der Waals surface area contributed by atoms with Crippen molar-refractivity contribution in [1.29, 1.82) is 0 Å². The maximum absolute atomic E-state index is 12.2. The molecule has 0 saturated carbocycles. The Morgan fingerprint density at radius 3 is 2.00 bits per heavy atom. The fourth-order valence-corrected chi connectivity index (χ4v) is 2.89. The van der Waals surface area contributed by atoms with E-state index in [9.17, 15) is 45.3 Å². The third kappa shape index (κ3) is 4.84. The molecule has 1 fully saturated rings. The summed E-state index contributed by atoms with van der Waals surface area (Å²) in [5.41, 5.74) is -0.326. The van der Waals surface area contributed by atoms with Gasteiger partial charge < -0.3 is 50.0 Å². The highest BCUT2D eigenvalue weighted by Gasteiger charge is 2.46. The predicted molar refractivity (Wildman–Crippen MR) is 102 cm³/mol. The number of carbonyl (C=O) groups excluding carboxylic acids is 2. The topological polar surface area (TPSA) is 203 Å². The van der Waals surface area contributed by atoms with Crippen LogP contribution in [0.15, 0.2) is 36.4 Å². The lowest BCUT2D eigenvalue weighted by molar-refractivity contribution is -0.285. The normalized spacial score (nSPS) is 25.2. The van der Waals surface area contributed by atoms with Crippen LogP contribution in [0.4, 0.5) is 0 Å². The molecule has 2 aromatic rings. The SMILES string of the molecule is O=C(OCC1OC(OC(=O)c2ccc(O)cc2)C(O)C(O)C1O)c1cc(O)c(O)c(O)c1. The molecule has 1 aliphatic rings. The van der Waals surface area contributed by atoms with Gasteiger partial charge >= 0.3 is 11.9 Å². The van der Waals surface area contributed by atoms with Gasteiger partial charge in [-0.25, -0.2) is 9.59 Å². The van der Waals surface area contributed by atoms with Crippen LogP contribution in [0.2, 0.25) is 0 Å². The minimum atomic E-state index is -1.82. The zero-order valence-corrected chi connectivity index (χ0v) is 16.2. The van der Waals surface area contributed by atoms with Gasteiger partial charge in [-0.15, -0.1) is 0 Å². The first kappa shape index (κ1) is 23.1. The number of rotatable bonds is 5. The van der Waals surface area contributed by atoms with Crippen LogP contribution in [0.1, 0.15) is 20.7 Å². The average Bonchev–Trinajstić information content (AvgIpc) is 2.76. The van der Waals surface area contributed by atoms with E-state index in [1.807, 2.05) is 0 Å². The largest absolute Gasteiger partial charge is 0.508 e. The first-order chi connectivity index (χ1) is 15.1. The van der Waals surface area contributed by atoms with Crippen LogP contribution in [0, 0.1) is 0 Å². The van der Waals surface area contributed by atoms with Crippen LogP contribution in [-0.2, 0) is 14.2 Å². The Morgan fingerprint density at radius 2 is 1.41 bits per heavy atom. The van der Waals surface area contributed by atoms with E-state index < -0.39 is 66.5 Å². The lowest BCUT2D eigenvalue weighted by atomic mass is 9.99. The van der Waals surface area contributed by atoms with Gasteiger partial charge in [-0.05, 0) is 36.4 Å². The minimum Gasteiger partial charge on any atom is -0.508 e. The Morgan fingerprint density at radius 1 is 0.812 bits per heavy atom. The number of aliphatic hydroxyl groups is 3. The third-order valence-corrected chi connectivity index (χ3v) is 4.68. The van der Waals surface area contributed by atoms with Crippen molar-refractivity contribution in [2.75, 3.05) is 6.61 Å². The summed E-state index contributed by atoms with van der Waals surface area (Å²) in [6.45, 7) is -0.667. The monoisotopic (exact) mass is 452 g/mol. The van der Waals surface area contributed by atoms with Gasteiger partial charge in [0.05, 0.1) is 11.1 Å². The Bertz CT molecular complexity index is 966. The van der Waals surface area contributed by atoms with Crippen LogP contribution < -0.4 is 0 Å². The highest BCUT2D eigenvalue weighted by atomic mass is 16.7. The average molecular weight is 452 g/mol. The molecule has 32 heavy (non-hydrogen) atoms. The van der Waals surface area contributed by atoms with Crippen molar-refractivity contribution in [3.05, 3.63) is 47.5 Å². The van der Waals surface area contributed by atoms with Gasteiger partial charge in [0.2, 0.25) is 6.29 Å². The van der Waals surface area contributed by atoms with Crippen molar-refractivity contribution in [2.45, 2.75) is 30.7 Å². The van der Waals surface area contributed by atoms with Gasteiger partial charge in [-0.1, -0.05) is 0 Å². The van der Waals surface area contributed by atoms with E-state index in [4.69, 9.17) is 14.2 Å². The van der Waals surface area contributed by atoms with E-state index in [2.05, 4.69) is 0 Å². The van der Waals surface area contributed by atoms with Crippen LogP contribution in [0.5, 0.6) is 23.0 Å². The molecule has 1 heterocycles. The first-order valence-electron chi connectivity index (χ1n) is 9.20. The van der Waals surface area contributed by atoms with Gasteiger partial charge in [0.25, 0.3) is 0 Å². The molecule has 0 aromatic heterocycles. The molecule has 3 rings (SSSR count). The number of benzene rings is 2. The van der Waals surface area contributed by atoms with Crippen LogP contribution in [0.25, 0.3) is 0 Å². The molecule has 5 unspecified atom stereocenters. The molecule has 0 radical (unpaired) electrons. The fourth-order valence-electron chi connectivity index (χ4n) is 2.89. The minimum absolute atomic E-state index is 0.00846. The van der Waals surface area contributed by atoms with Crippen molar-refractivity contribution in [2.24, 2.45) is 0 Å². The van der Waals surface area contributed by atoms with Gasteiger partial charge in [0.1, 0.15) is 36.8 Å². The summed E-state index contributed by atoms with van der Waals surface area (Å²) in [5, 5.41) is 67.8. The molecule has 0 amide bonds. The fraction of sp³-hybridized carbons (Fsp3) is 0.300. The van der Waals surface area contributed by atoms with E-state index in [1.54, 1.807) is 0 Å². The second-order valence-corrected chi connectivity index (χ2v) is 6.93. The quantitative estimate of drug-likeness (QED) is 0.223. The molecular weight excluding hydrogens is 432 g/mol. The number of phenolic OH excluding ortho intramolecular Hbond substituents is 4. The number of phenols is 4. The summed E-state index contributed by atoms with van der Waals surface area (Å²) in [4.78, 5) is 24.4. The van der Waals surface area contributed by atoms with Crippen molar-refractivity contribution < 1.29 is 59.5 Å². The molecule has 2 aromatic carbocycles. The summed E-state index contributed by atoms with van der Waals surface area (Å²) in [5.74, 6) is -4.50. The number of aliphatic hydroxyl groups excluding tert-OH is 3. The highest BCUT2D eigenvalue weighted by Crippen LogP contribution is 2.35. The predicted octanol–water partition coefficient (Wildman–Crippen LogP) is -0.670. The molecule has 7 N–H and O–H groups in total. The number of carbonyl (C=O) groups is 2. The lowest BCUT2D eigenvalue weighted by Crippen LogP contribution is -2.59. The zero-order chi connectivity index (χ0) is 23.6. The molecule has 5 atom stereocenters. The summed E-state index contributed by atoms with van der Waals surface area (Å²) < 4.78 is 15.2. The van der Waals surface area contributed by atoms with Gasteiger partial charge in [0.15, 0.2) is 17.2 Å². The number of ether oxygens (including phenoxy) is 3. The molecule has 1 saturated heterocycles. The van der Waals surface area contributed by atoms with Crippen molar-refractivity contribution in [3.8, 4) is 23.0 Å². The first-order valence-corrected chi connectivity index (χ1v) is 9.20. The Kier molecular flexibility index (Phi) is 6.69. The maximum Gasteiger partial charge on any atom is 0.340 e. The van der Waals surface area contributed by atoms with Crippen LogP contribution in [-0.4, -0.2) is 85.0 Å². The van der Waals surface area contributed by atoms with Crippen LogP contribution >= 0.6 is 0 Å². The number of hydrogen-bond acceptors (Lipinski definition) is 12. The molecule has 172 valence electrons. The lowest BCUT2D eigenvalue weighted by Gasteiger charge is -2.39. The molecular formula is C20H20O12. The Labute approximate surface area is 180 Å². The number of hydrogen-bond donors (Lipinski definition) is 7. The van der Waals surface area contributed by atoms with Crippen molar-refractivity contribution in [3.63, 3.8) is 0 Å². The third-order valence-electron chi connectivity index (χ3n) is 4.68. The Balaban J connectivity index is 1.66. The van der Waals surface area contributed by atoms with Crippen molar-refractivity contribution in [1.82, 2.24) is 0 Å². The van der Waals surface area contributed by atoms with Gasteiger partial charge in [-0.2, -0.15) is 0 Å². The molecule has 12 nitrogen and oxygen atoms in total. The second kappa shape index (κ2) is 9.28. The van der Waals surface area contributed by atoms with E-state index in [0.717, 1.165) is 12.1 Å². The Hall–Kier alpha value is -3.58. The van der Waals surface area contributed by atoms with E-state index >= 15 is 0 Å². The highest BCUT2D eigenvalue weighted by molar-refractivity contribution is 5.91. The van der Waals surface area contributed by atoms with Gasteiger partial charge in [-0.3, -0.25) is 0 Å². The molecule has 0 bridgehead atoms. The van der Waals surface area contributed by atoms with E-state index in [-0.39, 0.29) is 16.9 Å². The van der Waals surface area contributed by atoms with Crippen LogP contribution in [0.3, 0.4) is 0 Å². The molecule has 0 spiro atoms. The maximum atomic E-state index is 12.2. The summed E-state index contributed by atoms with van der Waals surface area (Å²) in [7, 11) is 0.